The van der Waals surface area contributed by atoms with Gasteiger partial charge in [-0.1, -0.05) is 0 Å². The highest BCUT2D eigenvalue weighted by molar-refractivity contribution is 7.98. The first-order valence-electron chi connectivity index (χ1n) is 4.67. The molecule has 0 radical (unpaired) electrons. The van der Waals surface area contributed by atoms with E-state index in [0.29, 0.717) is 4.88 Å². The van der Waals surface area contributed by atoms with Gasteiger partial charge in [0.15, 0.2) is 0 Å². The molecule has 6 heteroatoms. The molecule has 0 saturated carbocycles. The molecular weight excluding hydrogens is 246 g/mol. The number of carboxylic acid groups (broad SMARTS) is 1. The van der Waals surface area contributed by atoms with Crippen molar-refractivity contribution in [2.24, 2.45) is 0 Å². The minimum absolute atomic E-state index is 0.0814. The van der Waals surface area contributed by atoms with Crippen molar-refractivity contribution in [1.82, 2.24) is 5.32 Å². The highest BCUT2D eigenvalue weighted by atomic mass is 32.2. The molecule has 0 bridgehead atoms. The number of thioether (sulfide) groups is 1. The number of rotatable bonds is 5. The summed E-state index contributed by atoms with van der Waals surface area (Å²) in [5, 5.41) is 11.5. The number of hydrogen-bond donors (Lipinski definition) is 2. The average molecular weight is 259 g/mol. The third kappa shape index (κ3) is 3.53. The predicted molar refractivity (Wildman–Crippen MR) is 66.6 cm³/mol. The molecule has 1 rings (SSSR count). The van der Waals surface area contributed by atoms with Crippen molar-refractivity contribution in [3.63, 3.8) is 0 Å². The van der Waals surface area contributed by atoms with Gasteiger partial charge in [-0.05, 0) is 25.3 Å². The van der Waals surface area contributed by atoms with Crippen molar-refractivity contribution in [1.29, 1.82) is 0 Å². The Balaban J connectivity index is 2.62. The van der Waals surface area contributed by atoms with Crippen LogP contribution in [0.5, 0.6) is 0 Å². The van der Waals surface area contributed by atoms with Gasteiger partial charge in [0.25, 0.3) is 5.91 Å². The van der Waals surface area contributed by atoms with E-state index in [9.17, 15) is 9.59 Å². The molecule has 0 aromatic carbocycles. The number of nitrogens with one attached hydrogen (secondary N) is 1. The highest BCUT2D eigenvalue weighted by Crippen LogP contribution is 2.16. The minimum atomic E-state index is -0.999. The van der Waals surface area contributed by atoms with Crippen LogP contribution in [0.1, 0.15) is 26.3 Å². The normalized spacial score (nSPS) is 12.1. The van der Waals surface area contributed by atoms with E-state index in [1.807, 2.05) is 13.2 Å². The summed E-state index contributed by atoms with van der Waals surface area (Å²) < 4.78 is 0. The number of carbonyl (C=O) groups is 2. The monoisotopic (exact) mass is 259 g/mol. The van der Waals surface area contributed by atoms with Gasteiger partial charge in [0.2, 0.25) is 0 Å². The van der Waals surface area contributed by atoms with Crippen molar-refractivity contribution < 1.29 is 14.7 Å². The summed E-state index contributed by atoms with van der Waals surface area (Å²) in [6, 6.07) is 3.06. The first-order chi connectivity index (χ1) is 7.54. The lowest BCUT2D eigenvalue weighted by Crippen LogP contribution is -2.33. The van der Waals surface area contributed by atoms with E-state index in [2.05, 4.69) is 5.32 Å². The maximum Gasteiger partial charge on any atom is 0.345 e. The molecule has 0 aliphatic rings. The molecule has 0 saturated heterocycles. The van der Waals surface area contributed by atoms with Gasteiger partial charge in [0.05, 0.1) is 4.88 Å². The molecule has 2 N–H and O–H groups in total. The summed E-state index contributed by atoms with van der Waals surface area (Å²) in [5.41, 5.74) is 0. The Bertz CT molecular complexity index is 389. The van der Waals surface area contributed by atoms with Gasteiger partial charge >= 0.3 is 5.97 Å². The summed E-state index contributed by atoms with van der Waals surface area (Å²) in [4.78, 5) is 22.9. The Kier molecular flexibility index (Phi) is 4.82. The van der Waals surface area contributed by atoms with Crippen molar-refractivity contribution >= 4 is 35.0 Å². The molecule has 0 spiro atoms. The Morgan fingerprint density at radius 2 is 2.12 bits per heavy atom. The molecule has 4 nitrogen and oxygen atoms in total. The van der Waals surface area contributed by atoms with Gasteiger partial charge in [0.1, 0.15) is 4.88 Å². The fourth-order valence-corrected chi connectivity index (χ4v) is 2.49. The maximum atomic E-state index is 11.7. The Labute approximate surface area is 102 Å². The molecule has 1 heterocycles. The number of thiophene rings is 1. The quantitative estimate of drug-likeness (QED) is 0.848. The number of aromatic carboxylic acids is 1. The third-order valence-electron chi connectivity index (χ3n) is 1.83. The van der Waals surface area contributed by atoms with Crippen molar-refractivity contribution in [2.45, 2.75) is 13.0 Å². The van der Waals surface area contributed by atoms with Crippen molar-refractivity contribution in [3.8, 4) is 0 Å². The van der Waals surface area contributed by atoms with Crippen LogP contribution >= 0.6 is 23.1 Å². The second-order valence-electron chi connectivity index (χ2n) is 3.30. The molecule has 1 unspecified atom stereocenters. The number of carboxylic acids is 1. The molecule has 1 aromatic heterocycles. The summed E-state index contributed by atoms with van der Waals surface area (Å²) in [5.74, 6) is -0.372. The smallest absolute Gasteiger partial charge is 0.345 e. The maximum absolute atomic E-state index is 11.7. The van der Waals surface area contributed by atoms with Gasteiger partial charge < -0.3 is 10.4 Å². The van der Waals surface area contributed by atoms with Crippen LogP contribution in [0.3, 0.4) is 0 Å². The van der Waals surface area contributed by atoms with Gasteiger partial charge in [0, 0.05) is 11.8 Å². The summed E-state index contributed by atoms with van der Waals surface area (Å²) in [6.07, 6.45) is 1.97. The molecule has 0 aliphatic carbocycles. The van der Waals surface area contributed by atoms with Gasteiger partial charge in [-0.25, -0.2) is 4.79 Å². The van der Waals surface area contributed by atoms with Crippen molar-refractivity contribution in [3.05, 3.63) is 21.9 Å². The zero-order valence-electron chi connectivity index (χ0n) is 9.02. The van der Waals surface area contributed by atoms with E-state index < -0.39 is 5.97 Å². The molecule has 1 atom stereocenters. The second kappa shape index (κ2) is 5.91. The van der Waals surface area contributed by atoms with Crippen molar-refractivity contribution in [2.75, 3.05) is 12.0 Å². The molecular formula is C10H13NO3S2. The first kappa shape index (κ1) is 13.1. The Morgan fingerprint density at radius 1 is 1.50 bits per heavy atom. The van der Waals surface area contributed by atoms with Gasteiger partial charge in [-0.2, -0.15) is 11.8 Å². The molecule has 0 fully saturated rings. The van der Waals surface area contributed by atoms with E-state index in [1.165, 1.54) is 12.1 Å². The number of amides is 1. The molecule has 1 amide bonds. The lowest BCUT2D eigenvalue weighted by atomic mass is 10.3. The van der Waals surface area contributed by atoms with Crippen LogP contribution < -0.4 is 5.32 Å². The zero-order chi connectivity index (χ0) is 12.1. The largest absolute Gasteiger partial charge is 0.477 e. The zero-order valence-corrected chi connectivity index (χ0v) is 10.7. The van der Waals surface area contributed by atoms with Crippen LogP contribution in [0.2, 0.25) is 0 Å². The Morgan fingerprint density at radius 3 is 2.62 bits per heavy atom. The van der Waals surface area contributed by atoms with Crippen LogP contribution in [0.25, 0.3) is 0 Å². The molecule has 1 aromatic rings. The lowest BCUT2D eigenvalue weighted by Gasteiger charge is -2.10. The highest BCUT2D eigenvalue weighted by Gasteiger charge is 2.14. The number of carbonyl (C=O) groups excluding carboxylic acids is 1. The van der Waals surface area contributed by atoms with E-state index in [1.54, 1.807) is 11.8 Å². The molecule has 16 heavy (non-hydrogen) atoms. The second-order valence-corrected chi connectivity index (χ2v) is 5.29. The topological polar surface area (TPSA) is 66.4 Å². The number of hydrogen-bond acceptors (Lipinski definition) is 4. The van der Waals surface area contributed by atoms with E-state index in [0.717, 1.165) is 17.1 Å². The van der Waals surface area contributed by atoms with Gasteiger partial charge in [-0.3, -0.25) is 4.79 Å². The average Bonchev–Trinajstić information content (AvgIpc) is 2.66. The predicted octanol–water partition coefficient (Wildman–Crippen LogP) is 1.93. The summed E-state index contributed by atoms with van der Waals surface area (Å²) in [6.45, 7) is 1.92. The molecule has 88 valence electrons. The Hall–Kier alpha value is -1.01. The van der Waals surface area contributed by atoms with Crippen LogP contribution in [0.4, 0.5) is 0 Å². The fraction of sp³-hybridized carbons (Fsp3) is 0.400. The van der Waals surface area contributed by atoms with Crippen LogP contribution in [-0.4, -0.2) is 35.0 Å². The lowest BCUT2D eigenvalue weighted by molar-refractivity contribution is 0.0702. The van der Waals surface area contributed by atoms with E-state index in [4.69, 9.17) is 5.11 Å². The van der Waals surface area contributed by atoms with Gasteiger partial charge in [-0.15, -0.1) is 11.3 Å². The van der Waals surface area contributed by atoms with Crippen LogP contribution in [-0.2, 0) is 0 Å². The van der Waals surface area contributed by atoms with E-state index in [-0.39, 0.29) is 16.8 Å². The fourth-order valence-electron chi connectivity index (χ4n) is 1.16. The van der Waals surface area contributed by atoms with Crippen LogP contribution in [0, 0.1) is 0 Å². The summed E-state index contributed by atoms with van der Waals surface area (Å²) >= 11 is 2.64. The minimum Gasteiger partial charge on any atom is -0.477 e. The standard InChI is InChI=1S/C10H13NO3S2/c1-6(5-15-2)11-9(12)7-3-4-8(16-7)10(13)14/h3-4,6H,5H2,1-2H3,(H,11,12)(H,13,14). The summed E-state index contributed by atoms with van der Waals surface area (Å²) in [7, 11) is 0. The van der Waals surface area contributed by atoms with Crippen LogP contribution in [0.15, 0.2) is 12.1 Å². The SMILES string of the molecule is CSCC(C)NC(=O)c1ccc(C(=O)O)s1. The van der Waals surface area contributed by atoms with E-state index >= 15 is 0 Å². The third-order valence-corrected chi connectivity index (χ3v) is 3.74. The first-order valence-corrected chi connectivity index (χ1v) is 6.88. The molecule has 0 aliphatic heterocycles.